The van der Waals surface area contributed by atoms with Crippen molar-refractivity contribution in [3.8, 4) is 0 Å². The Morgan fingerprint density at radius 1 is 1.20 bits per heavy atom. The summed E-state index contributed by atoms with van der Waals surface area (Å²) < 4.78 is 6.12. The lowest BCUT2D eigenvalue weighted by Gasteiger charge is -2.11. The van der Waals surface area contributed by atoms with E-state index >= 15 is 0 Å². The second kappa shape index (κ2) is 4.20. The fourth-order valence-electron chi connectivity index (χ4n) is 3.16. The molecule has 0 fully saturated rings. The van der Waals surface area contributed by atoms with Crippen molar-refractivity contribution in [3.63, 3.8) is 0 Å². The highest BCUT2D eigenvalue weighted by molar-refractivity contribution is 6.01. The molecule has 1 aliphatic heterocycles. The fourth-order valence-corrected chi connectivity index (χ4v) is 3.16. The van der Waals surface area contributed by atoms with Crippen molar-refractivity contribution in [1.82, 2.24) is 0 Å². The first-order chi connectivity index (χ1) is 9.74. The number of hydrogen-bond acceptors (Lipinski definition) is 2. The first-order valence-corrected chi connectivity index (χ1v) is 7.18. The van der Waals surface area contributed by atoms with Crippen LogP contribution in [-0.4, -0.2) is 11.8 Å². The van der Waals surface area contributed by atoms with Gasteiger partial charge in [-0.25, -0.2) is 0 Å². The summed E-state index contributed by atoms with van der Waals surface area (Å²) in [6.07, 6.45) is 6.67. The maximum Gasteiger partial charge on any atom is 0.136 e. The Morgan fingerprint density at radius 2 is 2.05 bits per heavy atom. The summed E-state index contributed by atoms with van der Waals surface area (Å²) in [5.41, 5.74) is 5.79. The van der Waals surface area contributed by atoms with Crippen molar-refractivity contribution in [2.24, 2.45) is 4.99 Å². The van der Waals surface area contributed by atoms with Gasteiger partial charge >= 0.3 is 0 Å². The predicted molar refractivity (Wildman–Crippen MR) is 83.2 cm³/mol. The van der Waals surface area contributed by atoms with Gasteiger partial charge in [0, 0.05) is 21.9 Å². The van der Waals surface area contributed by atoms with Gasteiger partial charge in [0.05, 0.1) is 6.04 Å². The summed E-state index contributed by atoms with van der Waals surface area (Å²) in [5, 5.41) is 2.48. The van der Waals surface area contributed by atoms with Crippen LogP contribution < -0.4 is 10.6 Å². The van der Waals surface area contributed by atoms with Crippen LogP contribution >= 0.6 is 0 Å². The summed E-state index contributed by atoms with van der Waals surface area (Å²) >= 11 is 0. The number of fused-ring (bicyclic) bond motifs is 3. The lowest BCUT2D eigenvalue weighted by Crippen LogP contribution is -2.29. The number of furan rings is 1. The molecule has 4 rings (SSSR count). The summed E-state index contributed by atoms with van der Waals surface area (Å²) in [4.78, 5) is 4.78. The molecule has 2 nitrogen and oxygen atoms in total. The molecule has 0 saturated heterocycles. The standard InChI is InChI=1S/C18H17NO/c1-11-10-16(19-12(11)2)15-8-5-7-14-13-6-3-4-9-17(13)20-18(14)15/h3-4,6-7,9-10,16H,5,8H2,1-2H3. The molecule has 1 aliphatic carbocycles. The number of aliphatic imine (C=N–C) groups is 1. The third-order valence-electron chi connectivity index (χ3n) is 4.36. The normalized spacial score (nSPS) is 21.5. The van der Waals surface area contributed by atoms with Gasteiger partial charge in [0.25, 0.3) is 0 Å². The number of para-hydroxylation sites is 1. The number of allylic oxidation sites excluding steroid dienone is 1. The molecule has 0 radical (unpaired) electrons. The molecule has 1 aromatic heterocycles. The van der Waals surface area contributed by atoms with Crippen LogP contribution in [0.15, 0.2) is 45.3 Å². The van der Waals surface area contributed by atoms with Crippen molar-refractivity contribution < 1.29 is 4.42 Å². The lowest BCUT2D eigenvalue weighted by atomic mass is 9.97. The van der Waals surface area contributed by atoms with E-state index in [0.29, 0.717) is 0 Å². The zero-order chi connectivity index (χ0) is 13.7. The Morgan fingerprint density at radius 3 is 2.85 bits per heavy atom. The predicted octanol–water partition coefficient (Wildman–Crippen LogP) is 2.95. The first-order valence-electron chi connectivity index (χ1n) is 7.18. The van der Waals surface area contributed by atoms with Crippen molar-refractivity contribution in [2.75, 3.05) is 0 Å². The van der Waals surface area contributed by atoms with Crippen LogP contribution in [0.3, 0.4) is 0 Å². The fraction of sp³-hybridized carbons (Fsp3) is 0.278. The van der Waals surface area contributed by atoms with Crippen LogP contribution in [0, 0.1) is 0 Å². The van der Waals surface area contributed by atoms with E-state index in [9.17, 15) is 0 Å². The lowest BCUT2D eigenvalue weighted by molar-refractivity contribution is 0.564. The smallest absolute Gasteiger partial charge is 0.136 e. The molecule has 1 atom stereocenters. The van der Waals surface area contributed by atoms with Gasteiger partial charge < -0.3 is 4.42 Å². The van der Waals surface area contributed by atoms with Crippen LogP contribution in [0.2, 0.25) is 0 Å². The molecule has 0 N–H and O–H groups in total. The molecule has 1 unspecified atom stereocenters. The van der Waals surface area contributed by atoms with Crippen LogP contribution in [0.5, 0.6) is 0 Å². The molecule has 0 saturated carbocycles. The molecular weight excluding hydrogens is 246 g/mol. The highest BCUT2D eigenvalue weighted by Gasteiger charge is 2.21. The van der Waals surface area contributed by atoms with Crippen LogP contribution in [0.4, 0.5) is 0 Å². The Labute approximate surface area is 117 Å². The summed E-state index contributed by atoms with van der Waals surface area (Å²) in [7, 11) is 0. The van der Waals surface area contributed by atoms with E-state index in [0.717, 1.165) is 29.6 Å². The van der Waals surface area contributed by atoms with Crippen molar-refractivity contribution in [1.29, 1.82) is 0 Å². The van der Waals surface area contributed by atoms with Crippen molar-refractivity contribution >= 4 is 28.3 Å². The largest absolute Gasteiger partial charge is 0.456 e. The molecule has 2 heterocycles. The monoisotopic (exact) mass is 263 g/mol. The van der Waals surface area contributed by atoms with Crippen molar-refractivity contribution in [3.05, 3.63) is 46.5 Å². The molecule has 0 spiro atoms. The maximum atomic E-state index is 6.12. The Bertz CT molecular complexity index is 862. The summed E-state index contributed by atoms with van der Waals surface area (Å²) in [6, 6.07) is 8.45. The van der Waals surface area contributed by atoms with Gasteiger partial charge in [-0.3, -0.25) is 4.99 Å². The molecule has 0 amide bonds. The zero-order valence-electron chi connectivity index (χ0n) is 11.8. The second-order valence-electron chi connectivity index (χ2n) is 5.62. The molecule has 2 aromatic rings. The zero-order valence-corrected chi connectivity index (χ0v) is 11.8. The third-order valence-corrected chi connectivity index (χ3v) is 4.36. The Balaban J connectivity index is 2.04. The van der Waals surface area contributed by atoms with Gasteiger partial charge in [-0.1, -0.05) is 30.4 Å². The van der Waals surface area contributed by atoms with E-state index in [1.165, 1.54) is 21.8 Å². The number of benzene rings is 1. The van der Waals surface area contributed by atoms with E-state index in [2.05, 4.69) is 38.1 Å². The van der Waals surface area contributed by atoms with Gasteiger partial charge in [0.2, 0.25) is 0 Å². The molecule has 1 aromatic carbocycles. The minimum atomic E-state index is 0.169. The summed E-state index contributed by atoms with van der Waals surface area (Å²) in [6.45, 7) is 4.22. The SMILES string of the molecule is CC1=CC(C2=c3oc4ccccc4c3=CCC2)N=C1C. The van der Waals surface area contributed by atoms with Crippen LogP contribution in [0.25, 0.3) is 22.6 Å². The average Bonchev–Trinajstić information content (AvgIpc) is 2.99. The third kappa shape index (κ3) is 1.61. The average molecular weight is 263 g/mol. The topological polar surface area (TPSA) is 25.5 Å². The van der Waals surface area contributed by atoms with Gasteiger partial charge in [0.1, 0.15) is 11.0 Å². The van der Waals surface area contributed by atoms with Crippen LogP contribution in [-0.2, 0) is 0 Å². The molecule has 2 aliphatic rings. The highest BCUT2D eigenvalue weighted by Crippen LogP contribution is 2.24. The number of rotatable bonds is 1. The van der Waals surface area contributed by atoms with Gasteiger partial charge in [-0.05, 0) is 38.3 Å². The molecule has 20 heavy (non-hydrogen) atoms. The maximum absolute atomic E-state index is 6.12. The molecule has 2 heteroatoms. The quantitative estimate of drug-likeness (QED) is 0.776. The Hall–Kier alpha value is -2.09. The first kappa shape index (κ1) is 11.7. The highest BCUT2D eigenvalue weighted by atomic mass is 16.3. The molecule has 0 bridgehead atoms. The van der Waals surface area contributed by atoms with Crippen LogP contribution in [0.1, 0.15) is 26.7 Å². The molecular formula is C18H17NO. The van der Waals surface area contributed by atoms with Gasteiger partial charge in [-0.2, -0.15) is 0 Å². The van der Waals surface area contributed by atoms with Gasteiger partial charge in [-0.15, -0.1) is 0 Å². The second-order valence-corrected chi connectivity index (χ2v) is 5.62. The van der Waals surface area contributed by atoms with E-state index in [4.69, 9.17) is 9.41 Å². The number of nitrogens with zero attached hydrogens (tertiary/aromatic N) is 1. The van der Waals surface area contributed by atoms with Crippen molar-refractivity contribution in [2.45, 2.75) is 32.7 Å². The molecule has 100 valence electrons. The van der Waals surface area contributed by atoms with E-state index < -0.39 is 0 Å². The van der Waals surface area contributed by atoms with E-state index in [1.807, 2.05) is 12.1 Å². The van der Waals surface area contributed by atoms with E-state index in [-0.39, 0.29) is 6.04 Å². The minimum Gasteiger partial charge on any atom is -0.456 e. The minimum absolute atomic E-state index is 0.169. The summed E-state index contributed by atoms with van der Waals surface area (Å²) in [5.74, 6) is 0. The Kier molecular flexibility index (Phi) is 2.46. The van der Waals surface area contributed by atoms with Gasteiger partial charge in [0.15, 0.2) is 0 Å². The number of hydrogen-bond donors (Lipinski definition) is 0. The van der Waals surface area contributed by atoms with E-state index in [1.54, 1.807) is 0 Å².